The van der Waals surface area contributed by atoms with E-state index >= 15 is 0 Å². The van der Waals surface area contributed by atoms with Gasteiger partial charge < -0.3 is 45.9 Å². The highest BCUT2D eigenvalue weighted by molar-refractivity contribution is 4.81. The van der Waals surface area contributed by atoms with E-state index in [1.807, 2.05) is 0 Å². The molecule has 0 aliphatic rings. The van der Waals surface area contributed by atoms with Gasteiger partial charge in [-0.15, -0.1) is 0 Å². The zero-order valence-electron chi connectivity index (χ0n) is 17.9. The molecule has 16 N–H and O–H groups in total. The Morgan fingerprint density at radius 3 is 1.14 bits per heavy atom. The van der Waals surface area contributed by atoms with E-state index in [-0.39, 0.29) is 24.7 Å². The average Bonchev–Trinajstić information content (AvgIpc) is 2.64. The van der Waals surface area contributed by atoms with E-state index in [4.69, 9.17) is 45.9 Å². The van der Waals surface area contributed by atoms with Crippen molar-refractivity contribution < 1.29 is 0 Å². The topological polar surface area (TPSA) is 211 Å². The van der Waals surface area contributed by atoms with Crippen molar-refractivity contribution in [2.45, 2.75) is 108 Å². The fraction of sp³-hybridized carbons (Fsp3) is 1.00. The second kappa shape index (κ2) is 17.5. The number of nitrogens with two attached hydrogens (primary N) is 8. The van der Waals surface area contributed by atoms with Crippen LogP contribution < -0.4 is 45.9 Å². The molecule has 0 aliphatic heterocycles. The third-order valence-electron chi connectivity index (χ3n) is 5.25. The monoisotopic (exact) mass is 403 g/mol. The molecule has 0 fully saturated rings. The summed E-state index contributed by atoms with van der Waals surface area (Å²) in [6, 6.07) is 0.297. The summed E-state index contributed by atoms with van der Waals surface area (Å²) < 4.78 is 0. The molecule has 0 radical (unpaired) electrons. The molecule has 0 aromatic carbocycles. The minimum Gasteiger partial charge on any atom is -0.330 e. The van der Waals surface area contributed by atoms with Gasteiger partial charge in [-0.2, -0.15) is 0 Å². The van der Waals surface area contributed by atoms with Crippen molar-refractivity contribution >= 4 is 0 Å². The third-order valence-corrected chi connectivity index (χ3v) is 5.25. The van der Waals surface area contributed by atoms with Crippen molar-refractivity contribution in [2.24, 2.45) is 45.9 Å². The molecule has 0 amide bonds. The van der Waals surface area contributed by atoms with Crippen molar-refractivity contribution in [1.29, 1.82) is 0 Å². The van der Waals surface area contributed by atoms with Crippen molar-refractivity contribution in [3.63, 3.8) is 0 Å². The molecule has 28 heavy (non-hydrogen) atoms. The first kappa shape index (κ1) is 27.6. The minimum atomic E-state index is -0.259. The average molecular weight is 404 g/mol. The van der Waals surface area contributed by atoms with Gasteiger partial charge in [-0.05, 0) is 64.5 Å². The summed E-state index contributed by atoms with van der Waals surface area (Å²) >= 11 is 0. The normalized spacial score (nSPS) is 14.6. The molecule has 170 valence electrons. The second-order valence-electron chi connectivity index (χ2n) is 7.99. The first-order chi connectivity index (χ1) is 13.3. The van der Waals surface area contributed by atoms with E-state index < -0.39 is 0 Å². The van der Waals surface area contributed by atoms with E-state index in [1.165, 1.54) is 0 Å². The highest BCUT2D eigenvalue weighted by Gasteiger charge is 2.28. The number of rotatable bonds is 19. The van der Waals surface area contributed by atoms with Gasteiger partial charge in [-0.3, -0.25) is 4.90 Å². The van der Waals surface area contributed by atoms with Crippen molar-refractivity contribution in [3.8, 4) is 0 Å². The second-order valence-corrected chi connectivity index (χ2v) is 7.99. The minimum absolute atomic E-state index is 0.0960. The molecule has 0 rings (SSSR count). The van der Waals surface area contributed by atoms with E-state index in [0.29, 0.717) is 19.1 Å². The molecule has 0 aliphatic carbocycles. The first-order valence-corrected chi connectivity index (χ1v) is 11.0. The summed E-state index contributed by atoms with van der Waals surface area (Å²) in [5.41, 5.74) is 47.3. The highest BCUT2D eigenvalue weighted by atomic mass is 15.3. The van der Waals surface area contributed by atoms with Gasteiger partial charge in [0.05, 0.1) is 24.7 Å². The molecule has 2 unspecified atom stereocenters. The zero-order chi connectivity index (χ0) is 21.4. The van der Waals surface area contributed by atoms with Gasteiger partial charge in [0.15, 0.2) is 0 Å². The van der Waals surface area contributed by atoms with Gasteiger partial charge in [-0.1, -0.05) is 25.7 Å². The first-order valence-electron chi connectivity index (χ1n) is 11.0. The van der Waals surface area contributed by atoms with Crippen molar-refractivity contribution in [1.82, 2.24) is 4.90 Å². The summed E-state index contributed by atoms with van der Waals surface area (Å²) in [5.74, 6) is 0. The van der Waals surface area contributed by atoms with Crippen LogP contribution >= 0.6 is 0 Å². The molecular weight excluding hydrogens is 354 g/mol. The summed E-state index contributed by atoms with van der Waals surface area (Å²) in [5, 5.41) is 0. The molecule has 0 saturated heterocycles. The molecule has 0 heterocycles. The Balaban J connectivity index is 4.91. The van der Waals surface area contributed by atoms with Crippen LogP contribution in [0.4, 0.5) is 0 Å². The van der Waals surface area contributed by atoms with Crippen LogP contribution in [-0.2, 0) is 0 Å². The summed E-state index contributed by atoms with van der Waals surface area (Å²) in [6.07, 6.45) is 10.4. The lowest BCUT2D eigenvalue weighted by Crippen LogP contribution is -2.57. The largest absolute Gasteiger partial charge is 0.330 e. The molecular formula is C19H49N9. The zero-order valence-corrected chi connectivity index (χ0v) is 17.9. The van der Waals surface area contributed by atoms with Gasteiger partial charge in [0.25, 0.3) is 0 Å². The number of hydrogen-bond acceptors (Lipinski definition) is 9. The quantitative estimate of drug-likeness (QED) is 0.101. The van der Waals surface area contributed by atoms with Gasteiger partial charge in [-0.25, -0.2) is 0 Å². The Bertz CT molecular complexity index is 311. The lowest BCUT2D eigenvalue weighted by Gasteiger charge is -2.41. The SMILES string of the molecule is NCCCC(CCCN)N(C(N)CCCCC(N)N)C(N)CCCCC(N)N. The molecule has 0 aromatic heterocycles. The molecule has 2 atom stereocenters. The van der Waals surface area contributed by atoms with Gasteiger partial charge >= 0.3 is 0 Å². The van der Waals surface area contributed by atoms with E-state index in [1.54, 1.807) is 0 Å². The van der Waals surface area contributed by atoms with Crippen LogP contribution in [-0.4, -0.2) is 48.7 Å². The van der Waals surface area contributed by atoms with Crippen LogP contribution in [0.1, 0.15) is 77.0 Å². The fourth-order valence-corrected chi connectivity index (χ4v) is 3.70. The van der Waals surface area contributed by atoms with E-state index in [2.05, 4.69) is 4.90 Å². The number of nitrogens with zero attached hydrogens (tertiary/aromatic N) is 1. The highest BCUT2D eigenvalue weighted by Crippen LogP contribution is 2.21. The van der Waals surface area contributed by atoms with Crippen LogP contribution in [0, 0.1) is 0 Å². The Morgan fingerprint density at radius 1 is 0.464 bits per heavy atom. The van der Waals surface area contributed by atoms with Crippen molar-refractivity contribution in [2.75, 3.05) is 13.1 Å². The van der Waals surface area contributed by atoms with Gasteiger partial charge in [0.1, 0.15) is 0 Å². The number of unbranched alkanes of at least 4 members (excludes halogenated alkanes) is 2. The maximum absolute atomic E-state index is 6.61. The maximum atomic E-state index is 6.61. The third kappa shape index (κ3) is 13.8. The predicted molar refractivity (Wildman–Crippen MR) is 119 cm³/mol. The summed E-state index contributed by atoms with van der Waals surface area (Å²) in [6.45, 7) is 1.33. The Kier molecular flexibility index (Phi) is 17.3. The molecule has 0 spiro atoms. The lowest BCUT2D eigenvalue weighted by molar-refractivity contribution is 0.0580. The maximum Gasteiger partial charge on any atom is 0.0588 e. The summed E-state index contributed by atoms with van der Waals surface area (Å²) in [4.78, 5) is 2.30. The van der Waals surface area contributed by atoms with Crippen LogP contribution in [0.15, 0.2) is 0 Å². The molecule has 0 bridgehead atoms. The summed E-state index contributed by atoms with van der Waals surface area (Å²) in [7, 11) is 0. The van der Waals surface area contributed by atoms with Crippen LogP contribution in [0.3, 0.4) is 0 Å². The molecule has 0 saturated carbocycles. The predicted octanol–water partition coefficient (Wildman–Crippen LogP) is -0.688. The lowest BCUT2D eigenvalue weighted by atomic mass is 9.99. The van der Waals surface area contributed by atoms with Gasteiger partial charge in [0.2, 0.25) is 0 Å². The molecule has 9 heteroatoms. The number of hydrogen-bond donors (Lipinski definition) is 8. The van der Waals surface area contributed by atoms with Crippen LogP contribution in [0.25, 0.3) is 0 Å². The van der Waals surface area contributed by atoms with E-state index in [0.717, 1.165) is 77.0 Å². The van der Waals surface area contributed by atoms with E-state index in [9.17, 15) is 0 Å². The Labute approximate surface area is 172 Å². The van der Waals surface area contributed by atoms with Gasteiger partial charge in [0, 0.05) is 6.04 Å². The standard InChI is InChI=1S/C19H49N9/c20-13-5-7-15(8-6-14-21)28(18(26)11-3-1-9-16(22)23)19(27)12-4-2-10-17(24)25/h15-19H,1-14,20-27H2. The molecule has 9 nitrogen and oxygen atoms in total. The van der Waals surface area contributed by atoms with Crippen LogP contribution in [0.5, 0.6) is 0 Å². The fourth-order valence-electron chi connectivity index (χ4n) is 3.70. The van der Waals surface area contributed by atoms with Crippen LogP contribution in [0.2, 0.25) is 0 Å². The Hall–Kier alpha value is -0.360. The smallest absolute Gasteiger partial charge is 0.0588 e. The molecule has 0 aromatic rings. The van der Waals surface area contributed by atoms with Crippen molar-refractivity contribution in [3.05, 3.63) is 0 Å². The Morgan fingerprint density at radius 2 is 0.821 bits per heavy atom.